The van der Waals surface area contributed by atoms with E-state index in [1.807, 2.05) is 19.0 Å². The van der Waals surface area contributed by atoms with E-state index in [9.17, 15) is 14.7 Å². The van der Waals surface area contributed by atoms with Crippen LogP contribution in [0.15, 0.2) is 0 Å². The summed E-state index contributed by atoms with van der Waals surface area (Å²) in [7, 11) is 4.05. The predicted octanol–water partition coefficient (Wildman–Crippen LogP) is -0.526. The lowest BCUT2D eigenvalue weighted by Gasteiger charge is -2.38. The standard InChI is InChI=1S/C17H30N4O4/c1-19(2)6-3-7-21-12-17(25-16(21)24)4-8-20(9-5-17)15(23)14-10-13(22)11-18-14/h13-14,18,22H,3-12H2,1-2H3/t13-,14+/m1/s1. The molecular formula is C17H30N4O4. The molecule has 1 spiro atoms. The molecule has 3 fully saturated rings. The number of hydrogen-bond donors (Lipinski definition) is 2. The number of carbonyl (C=O) groups is 2. The molecule has 2 amide bonds. The van der Waals surface area contributed by atoms with E-state index in [1.54, 1.807) is 4.90 Å². The van der Waals surface area contributed by atoms with Gasteiger partial charge in [0, 0.05) is 39.0 Å². The molecule has 142 valence electrons. The van der Waals surface area contributed by atoms with Crippen LogP contribution in [0.4, 0.5) is 4.79 Å². The Bertz CT molecular complexity index is 505. The minimum Gasteiger partial charge on any atom is -0.441 e. The van der Waals surface area contributed by atoms with Gasteiger partial charge < -0.3 is 29.9 Å². The van der Waals surface area contributed by atoms with Crippen LogP contribution >= 0.6 is 0 Å². The van der Waals surface area contributed by atoms with Crippen molar-refractivity contribution in [2.24, 2.45) is 0 Å². The first-order chi connectivity index (χ1) is 11.9. The van der Waals surface area contributed by atoms with E-state index in [0.717, 1.165) is 13.0 Å². The Labute approximate surface area is 149 Å². The summed E-state index contributed by atoms with van der Waals surface area (Å²) < 4.78 is 5.71. The highest BCUT2D eigenvalue weighted by atomic mass is 16.6. The maximum absolute atomic E-state index is 12.5. The minimum atomic E-state index is -0.436. The molecule has 0 unspecified atom stereocenters. The van der Waals surface area contributed by atoms with Gasteiger partial charge in [0.25, 0.3) is 0 Å². The predicted molar refractivity (Wildman–Crippen MR) is 92.2 cm³/mol. The fourth-order valence-electron chi connectivity index (χ4n) is 3.96. The zero-order valence-corrected chi connectivity index (χ0v) is 15.2. The number of β-amino-alcohol motifs (C(OH)–C–C–N with tert-alkyl or cyclic N) is 1. The van der Waals surface area contributed by atoms with Gasteiger partial charge in [0.1, 0.15) is 5.60 Å². The fraction of sp³-hybridized carbons (Fsp3) is 0.882. The zero-order valence-electron chi connectivity index (χ0n) is 15.2. The van der Waals surface area contributed by atoms with E-state index < -0.39 is 11.7 Å². The Morgan fingerprint density at radius 1 is 1.40 bits per heavy atom. The molecule has 0 aliphatic carbocycles. The minimum absolute atomic E-state index is 0.0542. The lowest BCUT2D eigenvalue weighted by atomic mass is 9.91. The molecule has 0 aromatic rings. The molecule has 8 heteroatoms. The van der Waals surface area contributed by atoms with E-state index >= 15 is 0 Å². The van der Waals surface area contributed by atoms with Crippen molar-refractivity contribution in [3.8, 4) is 0 Å². The molecule has 0 saturated carbocycles. The molecule has 0 aromatic heterocycles. The molecule has 0 bridgehead atoms. The summed E-state index contributed by atoms with van der Waals surface area (Å²) >= 11 is 0. The Kier molecular flexibility index (Phi) is 5.50. The molecule has 3 saturated heterocycles. The van der Waals surface area contributed by atoms with Crippen LogP contribution < -0.4 is 5.32 Å². The van der Waals surface area contributed by atoms with Crippen molar-refractivity contribution in [3.05, 3.63) is 0 Å². The largest absolute Gasteiger partial charge is 0.441 e. The second-order valence-corrected chi connectivity index (χ2v) is 7.81. The lowest BCUT2D eigenvalue weighted by molar-refractivity contribution is -0.136. The number of rotatable bonds is 5. The highest BCUT2D eigenvalue weighted by Crippen LogP contribution is 2.33. The number of piperidine rings is 1. The van der Waals surface area contributed by atoms with Gasteiger partial charge in [0.05, 0.1) is 18.7 Å². The van der Waals surface area contributed by atoms with Gasteiger partial charge >= 0.3 is 6.09 Å². The quantitative estimate of drug-likeness (QED) is 0.691. The molecule has 0 radical (unpaired) electrons. The highest BCUT2D eigenvalue weighted by molar-refractivity contribution is 5.82. The Hall–Kier alpha value is -1.38. The average molecular weight is 354 g/mol. The monoisotopic (exact) mass is 354 g/mol. The fourth-order valence-corrected chi connectivity index (χ4v) is 3.96. The molecule has 3 aliphatic heterocycles. The number of aliphatic hydroxyl groups excluding tert-OH is 1. The van der Waals surface area contributed by atoms with Gasteiger partial charge in [0.2, 0.25) is 5.91 Å². The van der Waals surface area contributed by atoms with Gasteiger partial charge in [-0.3, -0.25) is 4.79 Å². The molecule has 3 rings (SSSR count). The molecule has 2 atom stereocenters. The summed E-state index contributed by atoms with van der Waals surface area (Å²) in [5, 5.41) is 12.7. The number of hydrogen-bond acceptors (Lipinski definition) is 6. The first-order valence-electron chi connectivity index (χ1n) is 9.21. The highest BCUT2D eigenvalue weighted by Gasteiger charge is 2.47. The summed E-state index contributed by atoms with van der Waals surface area (Å²) in [6.45, 7) is 3.97. The molecule has 2 N–H and O–H groups in total. The number of ether oxygens (including phenoxy) is 1. The number of carbonyl (C=O) groups excluding carboxylic acids is 2. The van der Waals surface area contributed by atoms with E-state index in [1.165, 1.54) is 0 Å². The second kappa shape index (κ2) is 7.47. The van der Waals surface area contributed by atoms with Gasteiger partial charge in [-0.25, -0.2) is 4.79 Å². The molecule has 25 heavy (non-hydrogen) atoms. The number of aliphatic hydroxyl groups is 1. The van der Waals surface area contributed by atoms with Crippen LogP contribution in [0.25, 0.3) is 0 Å². The van der Waals surface area contributed by atoms with Crippen LogP contribution in [0, 0.1) is 0 Å². The van der Waals surface area contributed by atoms with E-state index in [4.69, 9.17) is 4.74 Å². The van der Waals surface area contributed by atoms with Crippen molar-refractivity contribution in [2.75, 3.05) is 53.4 Å². The third-order valence-electron chi connectivity index (χ3n) is 5.47. The lowest BCUT2D eigenvalue weighted by Crippen LogP contribution is -2.52. The zero-order chi connectivity index (χ0) is 18.0. The molecule has 0 aromatic carbocycles. The maximum atomic E-state index is 12.5. The Morgan fingerprint density at radius 2 is 2.12 bits per heavy atom. The van der Waals surface area contributed by atoms with Crippen molar-refractivity contribution in [1.29, 1.82) is 0 Å². The summed E-state index contributed by atoms with van der Waals surface area (Å²) in [6.07, 6.45) is 2.12. The molecule has 3 heterocycles. The second-order valence-electron chi connectivity index (χ2n) is 7.81. The third kappa shape index (κ3) is 4.24. The van der Waals surface area contributed by atoms with Crippen LogP contribution in [0.5, 0.6) is 0 Å². The number of amides is 2. The first kappa shape index (κ1) is 18.4. The van der Waals surface area contributed by atoms with Crippen LogP contribution in [-0.2, 0) is 9.53 Å². The summed E-state index contributed by atoms with van der Waals surface area (Å²) in [4.78, 5) is 30.4. The van der Waals surface area contributed by atoms with Gasteiger partial charge in [-0.05, 0) is 33.5 Å². The Balaban J connectivity index is 1.48. The van der Waals surface area contributed by atoms with Crippen LogP contribution in [0.2, 0.25) is 0 Å². The van der Waals surface area contributed by atoms with Crippen molar-refractivity contribution in [3.63, 3.8) is 0 Å². The smallest absolute Gasteiger partial charge is 0.410 e. The van der Waals surface area contributed by atoms with E-state index in [-0.39, 0.29) is 18.0 Å². The van der Waals surface area contributed by atoms with Crippen LogP contribution in [-0.4, -0.2) is 103 Å². The number of likely N-dealkylation sites (tertiary alicyclic amines) is 1. The SMILES string of the molecule is CN(C)CCCN1CC2(CCN(C(=O)[C@@H]3C[C@@H](O)CN3)CC2)OC1=O. The van der Waals surface area contributed by atoms with Crippen molar-refractivity contribution >= 4 is 12.0 Å². The van der Waals surface area contributed by atoms with E-state index in [2.05, 4.69) is 10.2 Å². The van der Waals surface area contributed by atoms with Gasteiger partial charge in [-0.1, -0.05) is 0 Å². The summed E-state index contributed by atoms with van der Waals surface area (Å²) in [5.41, 5.74) is -0.436. The van der Waals surface area contributed by atoms with Gasteiger partial charge in [0.15, 0.2) is 0 Å². The van der Waals surface area contributed by atoms with Crippen molar-refractivity contribution in [1.82, 2.24) is 20.0 Å². The van der Waals surface area contributed by atoms with Crippen LogP contribution in [0.1, 0.15) is 25.7 Å². The molecular weight excluding hydrogens is 324 g/mol. The van der Waals surface area contributed by atoms with E-state index in [0.29, 0.717) is 52.0 Å². The normalized spacial score (nSPS) is 28.9. The summed E-state index contributed by atoms with van der Waals surface area (Å²) in [6, 6.07) is -0.280. The molecule has 3 aliphatic rings. The van der Waals surface area contributed by atoms with Gasteiger partial charge in [-0.2, -0.15) is 0 Å². The average Bonchev–Trinajstić information content (AvgIpc) is 3.12. The Morgan fingerprint density at radius 3 is 2.72 bits per heavy atom. The number of nitrogens with zero attached hydrogens (tertiary/aromatic N) is 3. The van der Waals surface area contributed by atoms with Crippen molar-refractivity contribution < 1.29 is 19.4 Å². The maximum Gasteiger partial charge on any atom is 0.410 e. The third-order valence-corrected chi connectivity index (χ3v) is 5.47. The molecule has 8 nitrogen and oxygen atoms in total. The summed E-state index contributed by atoms with van der Waals surface area (Å²) in [5.74, 6) is 0.0542. The first-order valence-corrected chi connectivity index (χ1v) is 9.21. The van der Waals surface area contributed by atoms with Crippen LogP contribution in [0.3, 0.4) is 0 Å². The van der Waals surface area contributed by atoms with Gasteiger partial charge in [-0.15, -0.1) is 0 Å². The topological polar surface area (TPSA) is 85.3 Å². The number of nitrogens with one attached hydrogen (secondary N) is 1. The van der Waals surface area contributed by atoms with Crippen molar-refractivity contribution in [2.45, 2.75) is 43.4 Å².